The fourth-order valence-electron chi connectivity index (χ4n) is 1.46. The van der Waals surface area contributed by atoms with E-state index in [1.165, 1.54) is 13.8 Å². The summed E-state index contributed by atoms with van der Waals surface area (Å²) in [6, 6.07) is 3.30. The summed E-state index contributed by atoms with van der Waals surface area (Å²) < 4.78 is 1.70. The molecule has 2 rings (SSSR count). The van der Waals surface area contributed by atoms with Crippen LogP contribution in [0.2, 0.25) is 0 Å². The zero-order valence-electron chi connectivity index (χ0n) is 10.0. The van der Waals surface area contributed by atoms with Crippen LogP contribution < -0.4 is 5.32 Å². The first kappa shape index (κ1) is 12.1. The van der Waals surface area contributed by atoms with Gasteiger partial charge in [-0.15, -0.1) is 0 Å². The maximum atomic E-state index is 11.9. The maximum Gasteiger partial charge on any atom is 0.328 e. The Morgan fingerprint density at radius 2 is 2.11 bits per heavy atom. The minimum absolute atomic E-state index is 0.384. The van der Waals surface area contributed by atoms with E-state index in [0.29, 0.717) is 5.56 Å². The number of nitrogens with one attached hydrogen (secondary N) is 1. The molecular weight excluding hydrogens is 234 g/mol. The predicted octanol–water partition coefficient (Wildman–Crippen LogP) is 0.927. The molecule has 0 aliphatic carbocycles. The number of carbonyl (C=O) groups is 2. The van der Waals surface area contributed by atoms with Crippen molar-refractivity contribution in [3.63, 3.8) is 0 Å². The second-order valence-electron chi connectivity index (χ2n) is 4.49. The molecule has 0 saturated carbocycles. The molecule has 0 radical (unpaired) electrons. The van der Waals surface area contributed by atoms with Crippen molar-refractivity contribution in [2.45, 2.75) is 19.4 Å². The Morgan fingerprint density at radius 3 is 2.78 bits per heavy atom. The normalized spacial score (nSPS) is 11.4. The zero-order valence-corrected chi connectivity index (χ0v) is 10.0. The van der Waals surface area contributed by atoms with Gasteiger partial charge in [0.1, 0.15) is 11.2 Å². The first-order valence-corrected chi connectivity index (χ1v) is 5.39. The molecule has 0 bridgehead atoms. The molecule has 0 aromatic carbocycles. The number of nitrogens with zero attached hydrogens (tertiary/aromatic N) is 2. The summed E-state index contributed by atoms with van der Waals surface area (Å²) in [6.45, 7) is 2.87. The summed E-state index contributed by atoms with van der Waals surface area (Å²) in [5.74, 6) is -1.52. The number of pyridine rings is 1. The van der Waals surface area contributed by atoms with Crippen molar-refractivity contribution in [1.29, 1.82) is 0 Å². The standard InChI is InChI=1S/C12H13N3O3/c1-12(2,11(17)18)14-10(16)8-3-4-9-13-5-6-15(9)7-8/h3-7H,1-2H3,(H,14,16)(H,17,18). The maximum absolute atomic E-state index is 11.9. The minimum atomic E-state index is -1.30. The quantitative estimate of drug-likeness (QED) is 0.845. The molecule has 2 aromatic heterocycles. The van der Waals surface area contributed by atoms with Crippen LogP contribution in [0.4, 0.5) is 0 Å². The Morgan fingerprint density at radius 1 is 1.39 bits per heavy atom. The largest absolute Gasteiger partial charge is 0.480 e. The van der Waals surface area contributed by atoms with Crippen molar-refractivity contribution in [3.05, 3.63) is 36.3 Å². The van der Waals surface area contributed by atoms with Crippen molar-refractivity contribution in [2.24, 2.45) is 0 Å². The molecule has 1 amide bonds. The van der Waals surface area contributed by atoms with E-state index in [0.717, 1.165) is 5.65 Å². The number of imidazole rings is 1. The number of hydrogen-bond donors (Lipinski definition) is 2. The number of hydrogen-bond acceptors (Lipinski definition) is 3. The van der Waals surface area contributed by atoms with Crippen LogP contribution in [-0.2, 0) is 4.79 Å². The molecule has 2 aromatic rings. The number of aromatic nitrogens is 2. The first-order chi connectivity index (χ1) is 8.40. The van der Waals surface area contributed by atoms with Crippen molar-refractivity contribution in [1.82, 2.24) is 14.7 Å². The van der Waals surface area contributed by atoms with Crippen LogP contribution in [0.3, 0.4) is 0 Å². The number of aliphatic carboxylic acids is 1. The molecule has 0 aliphatic rings. The molecule has 2 N–H and O–H groups in total. The second-order valence-corrected chi connectivity index (χ2v) is 4.49. The van der Waals surface area contributed by atoms with Gasteiger partial charge in [-0.1, -0.05) is 0 Å². The van der Waals surface area contributed by atoms with E-state index < -0.39 is 17.4 Å². The lowest BCUT2D eigenvalue weighted by molar-refractivity contribution is -0.143. The molecule has 6 heteroatoms. The highest BCUT2D eigenvalue weighted by Crippen LogP contribution is 2.08. The van der Waals surface area contributed by atoms with E-state index in [2.05, 4.69) is 10.3 Å². The van der Waals surface area contributed by atoms with Crippen LogP contribution >= 0.6 is 0 Å². The van der Waals surface area contributed by atoms with Crippen LogP contribution in [-0.4, -0.2) is 31.9 Å². The van der Waals surface area contributed by atoms with Gasteiger partial charge in [0.15, 0.2) is 0 Å². The summed E-state index contributed by atoms with van der Waals surface area (Å²) in [4.78, 5) is 26.9. The van der Waals surface area contributed by atoms with Crippen LogP contribution in [0.25, 0.3) is 5.65 Å². The van der Waals surface area contributed by atoms with Gasteiger partial charge in [-0.2, -0.15) is 0 Å². The van der Waals surface area contributed by atoms with Gasteiger partial charge >= 0.3 is 5.97 Å². The highest BCUT2D eigenvalue weighted by atomic mass is 16.4. The lowest BCUT2D eigenvalue weighted by Crippen LogP contribution is -2.49. The molecule has 0 aliphatic heterocycles. The van der Waals surface area contributed by atoms with E-state index >= 15 is 0 Å². The number of carboxylic acids is 1. The highest BCUT2D eigenvalue weighted by Gasteiger charge is 2.29. The van der Waals surface area contributed by atoms with Crippen LogP contribution in [0.15, 0.2) is 30.7 Å². The molecular formula is C12H13N3O3. The predicted molar refractivity (Wildman–Crippen MR) is 64.4 cm³/mol. The van der Waals surface area contributed by atoms with Gasteiger partial charge in [0.05, 0.1) is 5.56 Å². The molecule has 94 valence electrons. The smallest absolute Gasteiger partial charge is 0.328 e. The molecule has 6 nitrogen and oxygen atoms in total. The van der Waals surface area contributed by atoms with Crippen molar-refractivity contribution in [2.75, 3.05) is 0 Å². The summed E-state index contributed by atoms with van der Waals surface area (Å²) >= 11 is 0. The Labute approximate surface area is 103 Å². The molecule has 0 saturated heterocycles. The molecule has 0 fully saturated rings. The molecule has 0 spiro atoms. The third-order valence-corrected chi connectivity index (χ3v) is 2.61. The van der Waals surface area contributed by atoms with Gasteiger partial charge in [0.25, 0.3) is 5.91 Å². The second kappa shape index (κ2) is 4.14. The third-order valence-electron chi connectivity index (χ3n) is 2.61. The Bertz CT molecular complexity index is 616. The van der Waals surface area contributed by atoms with Crippen molar-refractivity contribution < 1.29 is 14.7 Å². The number of rotatable bonds is 3. The summed E-state index contributed by atoms with van der Waals surface area (Å²) in [7, 11) is 0. The number of carbonyl (C=O) groups excluding carboxylic acids is 1. The van der Waals surface area contributed by atoms with Crippen molar-refractivity contribution in [3.8, 4) is 0 Å². The fourth-order valence-corrected chi connectivity index (χ4v) is 1.46. The van der Waals surface area contributed by atoms with Gasteiger partial charge in [-0.05, 0) is 26.0 Å². The topological polar surface area (TPSA) is 83.7 Å². The fraction of sp³-hybridized carbons (Fsp3) is 0.250. The average molecular weight is 247 g/mol. The zero-order chi connectivity index (χ0) is 13.3. The Hall–Kier alpha value is -2.37. The molecule has 2 heterocycles. The third kappa shape index (κ3) is 2.17. The SMILES string of the molecule is CC(C)(NC(=O)c1ccc2nccn2c1)C(=O)O. The first-order valence-electron chi connectivity index (χ1n) is 5.39. The van der Waals surface area contributed by atoms with E-state index in [1.807, 2.05) is 0 Å². The number of fused-ring (bicyclic) bond motifs is 1. The molecule has 0 atom stereocenters. The van der Waals surface area contributed by atoms with Gasteiger partial charge in [-0.25, -0.2) is 9.78 Å². The van der Waals surface area contributed by atoms with Crippen LogP contribution in [0.1, 0.15) is 24.2 Å². The summed E-state index contributed by atoms with van der Waals surface area (Å²) in [5, 5.41) is 11.4. The van der Waals surface area contributed by atoms with E-state index in [1.54, 1.807) is 35.1 Å². The van der Waals surface area contributed by atoms with Crippen LogP contribution in [0, 0.1) is 0 Å². The highest BCUT2D eigenvalue weighted by molar-refractivity contribution is 5.97. The minimum Gasteiger partial charge on any atom is -0.480 e. The van der Waals surface area contributed by atoms with Gasteiger partial charge in [-0.3, -0.25) is 4.79 Å². The monoisotopic (exact) mass is 247 g/mol. The number of carboxylic acid groups (broad SMARTS) is 1. The lowest BCUT2D eigenvalue weighted by Gasteiger charge is -2.20. The Kier molecular flexibility index (Phi) is 2.78. The summed E-state index contributed by atoms with van der Waals surface area (Å²) in [5.41, 5.74) is -0.195. The number of amides is 1. The van der Waals surface area contributed by atoms with Gasteiger partial charge in [0, 0.05) is 18.6 Å². The van der Waals surface area contributed by atoms with E-state index in [4.69, 9.17) is 5.11 Å². The average Bonchev–Trinajstić information content (AvgIpc) is 2.74. The Balaban J connectivity index is 2.25. The van der Waals surface area contributed by atoms with Crippen molar-refractivity contribution >= 4 is 17.5 Å². The molecule has 18 heavy (non-hydrogen) atoms. The lowest BCUT2D eigenvalue weighted by atomic mass is 10.1. The summed E-state index contributed by atoms with van der Waals surface area (Å²) in [6.07, 6.45) is 4.95. The van der Waals surface area contributed by atoms with Gasteiger partial charge in [0.2, 0.25) is 0 Å². The molecule has 0 unspecified atom stereocenters. The van der Waals surface area contributed by atoms with Gasteiger partial charge < -0.3 is 14.8 Å². The van der Waals surface area contributed by atoms with E-state index in [-0.39, 0.29) is 0 Å². The van der Waals surface area contributed by atoms with Crippen LogP contribution in [0.5, 0.6) is 0 Å². The van der Waals surface area contributed by atoms with E-state index in [9.17, 15) is 9.59 Å².